The topological polar surface area (TPSA) is 48.9 Å². The first-order chi connectivity index (χ1) is 9.81. The van der Waals surface area contributed by atoms with Crippen LogP contribution in [0.25, 0.3) is 23.4 Å². The zero-order valence-electron chi connectivity index (χ0n) is 10.8. The maximum absolute atomic E-state index is 9.23. The normalized spacial score (nSPS) is 11.0. The van der Waals surface area contributed by atoms with Gasteiger partial charge in [0.2, 0.25) is 0 Å². The molecule has 2 aromatic carbocycles. The van der Waals surface area contributed by atoms with E-state index in [9.17, 15) is 5.11 Å². The fourth-order valence-corrected chi connectivity index (χ4v) is 1.95. The molecule has 2 N–H and O–H groups in total. The molecule has 3 aromatic rings. The van der Waals surface area contributed by atoms with Crippen LogP contribution in [0.15, 0.2) is 60.7 Å². The molecule has 0 aliphatic carbocycles. The van der Waals surface area contributed by atoms with Crippen LogP contribution in [0.3, 0.4) is 0 Å². The van der Waals surface area contributed by atoms with Crippen molar-refractivity contribution in [3.05, 3.63) is 71.9 Å². The van der Waals surface area contributed by atoms with Crippen molar-refractivity contribution in [2.75, 3.05) is 0 Å². The van der Waals surface area contributed by atoms with E-state index in [1.165, 1.54) is 0 Å². The Labute approximate surface area is 117 Å². The van der Waals surface area contributed by atoms with Gasteiger partial charge in [-0.15, -0.1) is 0 Å². The molecule has 98 valence electrons. The van der Waals surface area contributed by atoms with Gasteiger partial charge in [0.05, 0.1) is 11.4 Å². The summed E-state index contributed by atoms with van der Waals surface area (Å²) >= 11 is 0. The molecule has 0 fully saturated rings. The lowest BCUT2D eigenvalue weighted by molar-refractivity contribution is 0.475. The molecule has 0 bridgehead atoms. The van der Waals surface area contributed by atoms with Crippen LogP contribution in [0.2, 0.25) is 0 Å². The predicted molar refractivity (Wildman–Crippen MR) is 81.1 cm³/mol. The van der Waals surface area contributed by atoms with Crippen LogP contribution in [0.5, 0.6) is 5.75 Å². The molecule has 1 heterocycles. The Bertz CT molecular complexity index is 712. The van der Waals surface area contributed by atoms with Crippen molar-refractivity contribution >= 4 is 12.2 Å². The minimum absolute atomic E-state index is 0.273. The first-order valence-corrected chi connectivity index (χ1v) is 6.39. The Balaban J connectivity index is 1.79. The van der Waals surface area contributed by atoms with Crippen molar-refractivity contribution in [2.24, 2.45) is 0 Å². The number of aromatic hydroxyl groups is 1. The fourth-order valence-electron chi connectivity index (χ4n) is 1.95. The van der Waals surface area contributed by atoms with Gasteiger partial charge in [-0.1, -0.05) is 48.5 Å². The van der Waals surface area contributed by atoms with Gasteiger partial charge in [-0.3, -0.25) is 5.10 Å². The van der Waals surface area contributed by atoms with E-state index in [2.05, 4.69) is 10.2 Å². The molecule has 0 atom stereocenters. The number of aromatic nitrogens is 2. The van der Waals surface area contributed by atoms with E-state index in [1.54, 1.807) is 12.1 Å². The summed E-state index contributed by atoms with van der Waals surface area (Å²) in [4.78, 5) is 0. The molecular weight excluding hydrogens is 248 g/mol. The molecule has 1 aromatic heterocycles. The summed E-state index contributed by atoms with van der Waals surface area (Å²) in [6, 6.07) is 19.1. The van der Waals surface area contributed by atoms with Gasteiger partial charge >= 0.3 is 0 Å². The maximum Gasteiger partial charge on any atom is 0.115 e. The summed E-state index contributed by atoms with van der Waals surface area (Å²) in [5.74, 6) is 0.273. The third-order valence-electron chi connectivity index (χ3n) is 3.02. The SMILES string of the molecule is Oc1ccc(/C=C/c2cc(-c3ccccc3)n[nH]2)cc1. The van der Waals surface area contributed by atoms with Gasteiger partial charge in [-0.05, 0) is 29.8 Å². The number of hydrogen-bond acceptors (Lipinski definition) is 2. The summed E-state index contributed by atoms with van der Waals surface area (Å²) in [6.45, 7) is 0. The Morgan fingerprint density at radius 3 is 2.40 bits per heavy atom. The number of aromatic amines is 1. The van der Waals surface area contributed by atoms with Gasteiger partial charge in [-0.2, -0.15) is 5.10 Å². The van der Waals surface area contributed by atoms with E-state index in [0.29, 0.717) is 0 Å². The second kappa shape index (κ2) is 5.45. The molecule has 0 saturated heterocycles. The third kappa shape index (κ3) is 2.78. The number of hydrogen-bond donors (Lipinski definition) is 2. The van der Waals surface area contributed by atoms with Gasteiger partial charge < -0.3 is 5.11 Å². The molecule has 0 unspecified atom stereocenters. The van der Waals surface area contributed by atoms with E-state index in [0.717, 1.165) is 22.5 Å². The van der Waals surface area contributed by atoms with Crippen LogP contribution in [0.4, 0.5) is 0 Å². The number of phenols is 1. The van der Waals surface area contributed by atoms with Crippen molar-refractivity contribution < 1.29 is 5.11 Å². The first kappa shape index (κ1) is 12.2. The standard InChI is InChI=1S/C17H14N2O/c20-16-10-7-13(8-11-16)6-9-15-12-17(19-18-15)14-4-2-1-3-5-14/h1-12,20H,(H,18,19)/b9-6+. The zero-order chi connectivity index (χ0) is 13.8. The van der Waals surface area contributed by atoms with Crippen LogP contribution in [0.1, 0.15) is 11.3 Å². The van der Waals surface area contributed by atoms with E-state index >= 15 is 0 Å². The lowest BCUT2D eigenvalue weighted by Gasteiger charge is -1.93. The summed E-state index contributed by atoms with van der Waals surface area (Å²) in [5.41, 5.74) is 3.99. The van der Waals surface area contributed by atoms with E-state index in [-0.39, 0.29) is 5.75 Å². The average molecular weight is 262 g/mol. The number of H-pyrrole nitrogens is 1. The lowest BCUT2D eigenvalue weighted by atomic mass is 10.1. The van der Waals surface area contributed by atoms with Gasteiger partial charge in [0.1, 0.15) is 5.75 Å². The van der Waals surface area contributed by atoms with Crippen LogP contribution < -0.4 is 0 Å². The third-order valence-corrected chi connectivity index (χ3v) is 3.02. The van der Waals surface area contributed by atoms with Crippen molar-refractivity contribution in [1.82, 2.24) is 10.2 Å². The molecule has 3 nitrogen and oxygen atoms in total. The highest BCUT2D eigenvalue weighted by atomic mass is 16.3. The van der Waals surface area contributed by atoms with E-state index < -0.39 is 0 Å². The van der Waals surface area contributed by atoms with Gasteiger partial charge in [0.25, 0.3) is 0 Å². The quantitative estimate of drug-likeness (QED) is 0.750. The molecule has 3 rings (SSSR count). The zero-order valence-corrected chi connectivity index (χ0v) is 10.8. The smallest absolute Gasteiger partial charge is 0.115 e. The Kier molecular flexibility index (Phi) is 3.33. The summed E-state index contributed by atoms with van der Waals surface area (Å²) in [7, 11) is 0. The number of nitrogens with zero attached hydrogens (tertiary/aromatic N) is 1. The van der Waals surface area contributed by atoms with Crippen molar-refractivity contribution in [2.45, 2.75) is 0 Å². The Hall–Kier alpha value is -2.81. The monoisotopic (exact) mass is 262 g/mol. The van der Waals surface area contributed by atoms with Crippen molar-refractivity contribution in [1.29, 1.82) is 0 Å². The Morgan fingerprint density at radius 1 is 0.900 bits per heavy atom. The van der Waals surface area contributed by atoms with Crippen molar-refractivity contribution in [3.8, 4) is 17.0 Å². The van der Waals surface area contributed by atoms with Crippen LogP contribution >= 0.6 is 0 Å². The molecule has 0 spiro atoms. The molecule has 0 amide bonds. The van der Waals surface area contributed by atoms with Gasteiger partial charge in [-0.25, -0.2) is 0 Å². The van der Waals surface area contributed by atoms with Crippen LogP contribution in [-0.2, 0) is 0 Å². The van der Waals surface area contributed by atoms with E-state index in [4.69, 9.17) is 0 Å². The summed E-state index contributed by atoms with van der Waals surface area (Å²) in [5, 5.41) is 16.5. The van der Waals surface area contributed by atoms with Gasteiger partial charge in [0, 0.05) is 5.56 Å². The number of benzene rings is 2. The maximum atomic E-state index is 9.23. The minimum Gasteiger partial charge on any atom is -0.508 e. The highest BCUT2D eigenvalue weighted by Crippen LogP contribution is 2.18. The van der Waals surface area contributed by atoms with Gasteiger partial charge in [0.15, 0.2) is 0 Å². The predicted octanol–water partition coefficient (Wildman–Crippen LogP) is 3.95. The molecule has 0 radical (unpaired) electrons. The highest BCUT2D eigenvalue weighted by Gasteiger charge is 2.00. The summed E-state index contributed by atoms with van der Waals surface area (Å²) < 4.78 is 0. The number of rotatable bonds is 3. The minimum atomic E-state index is 0.273. The lowest BCUT2D eigenvalue weighted by Crippen LogP contribution is -1.75. The second-order valence-electron chi connectivity index (χ2n) is 4.50. The summed E-state index contributed by atoms with van der Waals surface area (Å²) in [6.07, 6.45) is 3.94. The number of phenolic OH excluding ortho intramolecular Hbond substituents is 1. The second-order valence-corrected chi connectivity index (χ2v) is 4.50. The van der Waals surface area contributed by atoms with Crippen LogP contribution in [0, 0.1) is 0 Å². The van der Waals surface area contributed by atoms with Crippen molar-refractivity contribution in [3.63, 3.8) is 0 Å². The largest absolute Gasteiger partial charge is 0.508 e. The Morgan fingerprint density at radius 2 is 1.65 bits per heavy atom. The molecule has 0 aliphatic heterocycles. The fraction of sp³-hybridized carbons (Fsp3) is 0. The first-order valence-electron chi connectivity index (χ1n) is 6.39. The molecule has 0 saturated carbocycles. The molecular formula is C17H14N2O. The molecule has 0 aliphatic rings. The average Bonchev–Trinajstić information content (AvgIpc) is 2.97. The highest BCUT2D eigenvalue weighted by molar-refractivity contribution is 5.71. The number of nitrogens with one attached hydrogen (secondary N) is 1. The van der Waals surface area contributed by atoms with E-state index in [1.807, 2.05) is 60.7 Å². The molecule has 20 heavy (non-hydrogen) atoms. The molecule has 3 heteroatoms. The van der Waals surface area contributed by atoms with Crippen LogP contribution in [-0.4, -0.2) is 15.3 Å².